The van der Waals surface area contributed by atoms with Crippen LogP contribution >= 0.6 is 11.5 Å². The van der Waals surface area contributed by atoms with Gasteiger partial charge in [-0.3, -0.25) is 0 Å². The summed E-state index contributed by atoms with van der Waals surface area (Å²) < 4.78 is 9.30. The molecule has 0 spiro atoms. The number of hydrogen-bond donors (Lipinski definition) is 1. The van der Waals surface area contributed by atoms with Crippen LogP contribution in [0.5, 0.6) is 0 Å². The standard InChI is InChI=1S/C10H12N4OS/c1-6-4-8(13-15-6)5-11-10-12-9(14-16-10)7-2-3-7/h4,7H,2-3,5H2,1H3,(H,11,12,14). The smallest absolute Gasteiger partial charge is 0.202 e. The van der Waals surface area contributed by atoms with Gasteiger partial charge < -0.3 is 9.84 Å². The summed E-state index contributed by atoms with van der Waals surface area (Å²) in [7, 11) is 0. The molecule has 0 aliphatic heterocycles. The largest absolute Gasteiger partial charge is 0.361 e. The first-order valence-electron chi connectivity index (χ1n) is 5.31. The molecule has 0 saturated heterocycles. The molecule has 2 aromatic rings. The van der Waals surface area contributed by atoms with Crippen molar-refractivity contribution in [2.75, 3.05) is 5.32 Å². The zero-order valence-electron chi connectivity index (χ0n) is 8.93. The summed E-state index contributed by atoms with van der Waals surface area (Å²) in [4.78, 5) is 4.43. The third-order valence-corrected chi connectivity index (χ3v) is 3.17. The maximum absolute atomic E-state index is 4.98. The van der Waals surface area contributed by atoms with E-state index in [0.29, 0.717) is 12.5 Å². The molecule has 3 rings (SSSR count). The normalized spacial score (nSPS) is 15.3. The first-order chi connectivity index (χ1) is 7.81. The summed E-state index contributed by atoms with van der Waals surface area (Å²) in [6, 6.07) is 1.91. The molecule has 2 aromatic heterocycles. The Morgan fingerprint density at radius 3 is 3.12 bits per heavy atom. The van der Waals surface area contributed by atoms with E-state index >= 15 is 0 Å². The zero-order chi connectivity index (χ0) is 11.0. The molecule has 1 aliphatic carbocycles. The highest BCUT2D eigenvalue weighted by Gasteiger charge is 2.27. The lowest BCUT2D eigenvalue weighted by molar-refractivity contribution is 0.391. The highest BCUT2D eigenvalue weighted by molar-refractivity contribution is 7.09. The van der Waals surface area contributed by atoms with Gasteiger partial charge in [-0.05, 0) is 19.8 Å². The molecule has 0 radical (unpaired) electrons. The minimum atomic E-state index is 0.612. The lowest BCUT2D eigenvalue weighted by Crippen LogP contribution is -1.99. The van der Waals surface area contributed by atoms with Crippen LogP contribution in [-0.2, 0) is 6.54 Å². The molecular weight excluding hydrogens is 224 g/mol. The van der Waals surface area contributed by atoms with E-state index in [4.69, 9.17) is 4.52 Å². The highest BCUT2D eigenvalue weighted by atomic mass is 32.1. The fourth-order valence-corrected chi connectivity index (χ4v) is 2.12. The number of rotatable bonds is 4. The van der Waals surface area contributed by atoms with Crippen molar-refractivity contribution in [1.82, 2.24) is 14.5 Å². The second-order valence-electron chi connectivity index (χ2n) is 4.01. The van der Waals surface area contributed by atoms with Crippen LogP contribution in [0.2, 0.25) is 0 Å². The van der Waals surface area contributed by atoms with Gasteiger partial charge in [0.1, 0.15) is 17.3 Å². The minimum absolute atomic E-state index is 0.612. The molecule has 1 fully saturated rings. The lowest BCUT2D eigenvalue weighted by Gasteiger charge is -1.95. The summed E-state index contributed by atoms with van der Waals surface area (Å²) >= 11 is 1.41. The van der Waals surface area contributed by atoms with Gasteiger partial charge in [-0.1, -0.05) is 5.16 Å². The van der Waals surface area contributed by atoms with Crippen LogP contribution in [0.1, 0.15) is 36.0 Å². The number of anilines is 1. The monoisotopic (exact) mass is 236 g/mol. The molecule has 84 valence electrons. The van der Waals surface area contributed by atoms with E-state index in [-0.39, 0.29) is 0 Å². The Balaban J connectivity index is 1.61. The van der Waals surface area contributed by atoms with Gasteiger partial charge >= 0.3 is 0 Å². The molecule has 2 heterocycles. The summed E-state index contributed by atoms with van der Waals surface area (Å²) in [5.74, 6) is 2.43. The average Bonchev–Trinajstić information content (AvgIpc) is 2.87. The van der Waals surface area contributed by atoms with Gasteiger partial charge in [0.25, 0.3) is 0 Å². The average molecular weight is 236 g/mol. The van der Waals surface area contributed by atoms with Crippen LogP contribution in [0.3, 0.4) is 0 Å². The van der Waals surface area contributed by atoms with Crippen molar-refractivity contribution in [3.63, 3.8) is 0 Å². The van der Waals surface area contributed by atoms with Gasteiger partial charge in [-0.2, -0.15) is 4.37 Å². The number of aromatic nitrogens is 3. The van der Waals surface area contributed by atoms with Gasteiger partial charge in [0.05, 0.1) is 6.54 Å². The number of hydrogen-bond acceptors (Lipinski definition) is 6. The Morgan fingerprint density at radius 2 is 2.44 bits per heavy atom. The molecule has 0 aromatic carbocycles. The predicted octanol–water partition coefficient (Wildman–Crippen LogP) is 2.32. The van der Waals surface area contributed by atoms with Crippen molar-refractivity contribution in [2.45, 2.75) is 32.2 Å². The van der Waals surface area contributed by atoms with Crippen molar-refractivity contribution in [3.8, 4) is 0 Å². The van der Waals surface area contributed by atoms with Crippen LogP contribution in [0.15, 0.2) is 10.6 Å². The first-order valence-corrected chi connectivity index (χ1v) is 6.08. The number of aryl methyl sites for hydroxylation is 1. The van der Waals surface area contributed by atoms with E-state index in [0.717, 1.165) is 22.4 Å². The minimum Gasteiger partial charge on any atom is -0.361 e. The van der Waals surface area contributed by atoms with Gasteiger partial charge in [-0.25, -0.2) is 4.98 Å². The van der Waals surface area contributed by atoms with Crippen LogP contribution in [-0.4, -0.2) is 14.5 Å². The Bertz CT molecular complexity index is 488. The van der Waals surface area contributed by atoms with Crippen molar-refractivity contribution >= 4 is 16.7 Å². The summed E-state index contributed by atoms with van der Waals surface area (Å²) in [5, 5.41) is 7.97. The third-order valence-electron chi connectivity index (χ3n) is 2.48. The van der Waals surface area contributed by atoms with E-state index in [1.54, 1.807) is 0 Å². The first kappa shape index (κ1) is 9.77. The summed E-state index contributed by atoms with van der Waals surface area (Å²) in [6.07, 6.45) is 2.47. The van der Waals surface area contributed by atoms with E-state index in [9.17, 15) is 0 Å². The van der Waals surface area contributed by atoms with Gasteiger partial charge in [0.15, 0.2) is 0 Å². The van der Waals surface area contributed by atoms with Crippen molar-refractivity contribution in [2.24, 2.45) is 0 Å². The molecule has 1 N–H and O–H groups in total. The second-order valence-corrected chi connectivity index (χ2v) is 4.77. The lowest BCUT2D eigenvalue weighted by atomic mass is 10.4. The fraction of sp³-hybridized carbons (Fsp3) is 0.500. The van der Waals surface area contributed by atoms with Crippen LogP contribution in [0.4, 0.5) is 5.13 Å². The van der Waals surface area contributed by atoms with Crippen LogP contribution in [0, 0.1) is 6.92 Å². The van der Waals surface area contributed by atoms with Crippen LogP contribution in [0.25, 0.3) is 0 Å². The summed E-state index contributed by atoms with van der Waals surface area (Å²) in [6.45, 7) is 2.52. The molecule has 0 unspecified atom stereocenters. The highest BCUT2D eigenvalue weighted by Crippen LogP contribution is 2.39. The maximum atomic E-state index is 4.98. The summed E-state index contributed by atoms with van der Waals surface area (Å²) in [5.41, 5.74) is 0.890. The van der Waals surface area contributed by atoms with Gasteiger partial charge in [-0.15, -0.1) is 0 Å². The Labute approximate surface area is 97.0 Å². The van der Waals surface area contributed by atoms with Gasteiger partial charge in [0, 0.05) is 23.5 Å². The van der Waals surface area contributed by atoms with E-state index in [1.165, 1.54) is 24.4 Å². The number of nitrogens with one attached hydrogen (secondary N) is 1. The Morgan fingerprint density at radius 1 is 1.56 bits per heavy atom. The van der Waals surface area contributed by atoms with Gasteiger partial charge in [0.2, 0.25) is 5.13 Å². The molecule has 1 saturated carbocycles. The second kappa shape index (κ2) is 3.86. The molecule has 16 heavy (non-hydrogen) atoms. The van der Waals surface area contributed by atoms with Crippen LogP contribution < -0.4 is 5.32 Å². The molecule has 0 amide bonds. The molecule has 5 nitrogen and oxygen atoms in total. The number of nitrogens with zero attached hydrogens (tertiary/aromatic N) is 3. The SMILES string of the molecule is Cc1cc(CNc2nc(C3CC3)ns2)no1. The quantitative estimate of drug-likeness (QED) is 0.882. The molecule has 6 heteroatoms. The van der Waals surface area contributed by atoms with Crippen molar-refractivity contribution in [3.05, 3.63) is 23.3 Å². The van der Waals surface area contributed by atoms with Crippen molar-refractivity contribution < 1.29 is 4.52 Å². The molecule has 0 atom stereocenters. The topological polar surface area (TPSA) is 63.8 Å². The Kier molecular flexibility index (Phi) is 2.36. The van der Waals surface area contributed by atoms with E-state index in [2.05, 4.69) is 19.8 Å². The molecule has 1 aliphatic rings. The van der Waals surface area contributed by atoms with E-state index < -0.39 is 0 Å². The maximum Gasteiger partial charge on any atom is 0.202 e. The predicted molar refractivity (Wildman–Crippen MR) is 60.5 cm³/mol. The molecular formula is C10H12N4OS. The van der Waals surface area contributed by atoms with Crippen molar-refractivity contribution in [1.29, 1.82) is 0 Å². The zero-order valence-corrected chi connectivity index (χ0v) is 9.75. The fourth-order valence-electron chi connectivity index (χ4n) is 1.48. The third kappa shape index (κ3) is 2.06. The van der Waals surface area contributed by atoms with E-state index in [1.807, 2.05) is 13.0 Å². The Hall–Kier alpha value is -1.43. The molecule has 0 bridgehead atoms.